The summed E-state index contributed by atoms with van der Waals surface area (Å²) in [5.41, 5.74) is 1.46. The first-order valence-corrected chi connectivity index (χ1v) is 8.84. The van der Waals surface area contributed by atoms with E-state index in [4.69, 9.17) is 9.47 Å². The fourth-order valence-electron chi connectivity index (χ4n) is 2.91. The molecule has 0 spiro atoms. The van der Waals surface area contributed by atoms with Gasteiger partial charge < -0.3 is 19.7 Å². The largest absolute Gasteiger partial charge is 0.497 e. The fourth-order valence-corrected chi connectivity index (χ4v) is 2.91. The molecule has 0 saturated carbocycles. The van der Waals surface area contributed by atoms with Crippen LogP contribution in [0.2, 0.25) is 0 Å². The Labute approximate surface area is 158 Å². The van der Waals surface area contributed by atoms with Crippen molar-refractivity contribution in [2.75, 3.05) is 43.6 Å². The zero-order valence-electron chi connectivity index (χ0n) is 15.5. The quantitative estimate of drug-likeness (QED) is 0.815. The van der Waals surface area contributed by atoms with Crippen molar-refractivity contribution in [3.05, 3.63) is 48.5 Å². The van der Waals surface area contributed by atoms with E-state index in [1.807, 2.05) is 31.2 Å². The van der Waals surface area contributed by atoms with Gasteiger partial charge in [-0.2, -0.15) is 0 Å². The number of amides is 3. The molecule has 3 amide bonds. The van der Waals surface area contributed by atoms with Crippen LogP contribution in [-0.4, -0.2) is 50.2 Å². The molecule has 2 aromatic rings. The van der Waals surface area contributed by atoms with E-state index in [1.165, 1.54) is 4.90 Å². The Balaban J connectivity index is 1.56. The summed E-state index contributed by atoms with van der Waals surface area (Å²) in [4.78, 5) is 28.1. The molecule has 0 radical (unpaired) electrons. The van der Waals surface area contributed by atoms with E-state index in [2.05, 4.69) is 5.32 Å². The van der Waals surface area contributed by atoms with E-state index < -0.39 is 0 Å². The van der Waals surface area contributed by atoms with Gasteiger partial charge in [0.1, 0.15) is 18.0 Å². The minimum absolute atomic E-state index is 0.0123. The third kappa shape index (κ3) is 4.49. The van der Waals surface area contributed by atoms with Gasteiger partial charge in [-0.3, -0.25) is 9.69 Å². The smallest absolute Gasteiger partial charge is 0.325 e. The maximum Gasteiger partial charge on any atom is 0.325 e. The number of carbonyl (C=O) groups is 2. The highest BCUT2D eigenvalue weighted by molar-refractivity contribution is 5.99. The molecule has 7 nitrogen and oxygen atoms in total. The normalized spacial score (nSPS) is 13.6. The van der Waals surface area contributed by atoms with Crippen LogP contribution in [0.5, 0.6) is 11.5 Å². The molecule has 142 valence electrons. The van der Waals surface area contributed by atoms with Crippen molar-refractivity contribution in [2.45, 2.75) is 6.92 Å². The number of benzene rings is 2. The van der Waals surface area contributed by atoms with E-state index in [0.29, 0.717) is 31.1 Å². The number of ether oxygens (including phenoxy) is 2. The van der Waals surface area contributed by atoms with Gasteiger partial charge in [0.2, 0.25) is 5.91 Å². The summed E-state index contributed by atoms with van der Waals surface area (Å²) < 4.78 is 10.5. The second kappa shape index (κ2) is 8.44. The molecule has 1 fully saturated rings. The summed E-state index contributed by atoms with van der Waals surface area (Å²) in [6.45, 7) is 3.58. The Morgan fingerprint density at radius 1 is 1.04 bits per heavy atom. The predicted octanol–water partition coefficient (Wildman–Crippen LogP) is 2.97. The topological polar surface area (TPSA) is 71.1 Å². The lowest BCUT2D eigenvalue weighted by atomic mass is 10.3. The van der Waals surface area contributed by atoms with Gasteiger partial charge in [-0.25, -0.2) is 4.79 Å². The first-order chi connectivity index (χ1) is 13.1. The molecule has 7 heteroatoms. The summed E-state index contributed by atoms with van der Waals surface area (Å²) in [6.07, 6.45) is 0. The molecule has 1 aliphatic heterocycles. The molecule has 0 atom stereocenters. The van der Waals surface area contributed by atoms with Crippen LogP contribution < -0.4 is 19.7 Å². The van der Waals surface area contributed by atoms with Crippen molar-refractivity contribution in [3.63, 3.8) is 0 Å². The highest BCUT2D eigenvalue weighted by Crippen LogP contribution is 2.23. The maximum atomic E-state index is 12.6. The molecule has 1 aliphatic rings. The monoisotopic (exact) mass is 369 g/mol. The molecular weight excluding hydrogens is 346 g/mol. The SMILES string of the molecule is CCOc1ccc(N2CCN(CC(=O)Nc3ccc(OC)cc3)C2=O)cc1. The lowest BCUT2D eigenvalue weighted by Crippen LogP contribution is -2.37. The summed E-state index contributed by atoms with van der Waals surface area (Å²) in [5, 5.41) is 2.79. The third-order valence-corrected chi connectivity index (χ3v) is 4.26. The molecular formula is C20H23N3O4. The van der Waals surface area contributed by atoms with Crippen LogP contribution in [-0.2, 0) is 4.79 Å². The zero-order chi connectivity index (χ0) is 19.2. The zero-order valence-corrected chi connectivity index (χ0v) is 15.5. The van der Waals surface area contributed by atoms with E-state index in [9.17, 15) is 9.59 Å². The van der Waals surface area contributed by atoms with Gasteiger partial charge >= 0.3 is 6.03 Å². The first-order valence-electron chi connectivity index (χ1n) is 8.84. The number of urea groups is 1. The standard InChI is InChI=1S/C20H23N3O4/c1-3-27-18-10-6-16(7-11-18)23-13-12-22(20(23)25)14-19(24)21-15-4-8-17(26-2)9-5-15/h4-11H,3,12-14H2,1-2H3,(H,21,24). The van der Waals surface area contributed by atoms with Crippen molar-refractivity contribution in [1.29, 1.82) is 0 Å². The van der Waals surface area contributed by atoms with Gasteiger partial charge in [-0.1, -0.05) is 0 Å². The van der Waals surface area contributed by atoms with Crippen molar-refractivity contribution >= 4 is 23.3 Å². The van der Waals surface area contributed by atoms with Crippen molar-refractivity contribution in [3.8, 4) is 11.5 Å². The average Bonchev–Trinajstić information content (AvgIpc) is 3.03. The highest BCUT2D eigenvalue weighted by Gasteiger charge is 2.30. The van der Waals surface area contributed by atoms with E-state index in [-0.39, 0.29) is 18.5 Å². The van der Waals surface area contributed by atoms with Crippen molar-refractivity contribution in [2.24, 2.45) is 0 Å². The molecule has 0 aliphatic carbocycles. The number of nitrogens with zero attached hydrogens (tertiary/aromatic N) is 2. The first kappa shape index (κ1) is 18.6. The summed E-state index contributed by atoms with van der Waals surface area (Å²) in [7, 11) is 1.59. The van der Waals surface area contributed by atoms with Gasteiger partial charge in [-0.15, -0.1) is 0 Å². The van der Waals surface area contributed by atoms with Crippen LogP contribution in [0, 0.1) is 0 Å². The Morgan fingerprint density at radius 3 is 2.33 bits per heavy atom. The van der Waals surface area contributed by atoms with E-state index >= 15 is 0 Å². The minimum atomic E-state index is -0.234. The van der Waals surface area contributed by atoms with Crippen LogP contribution in [0.25, 0.3) is 0 Å². The molecule has 1 heterocycles. The average molecular weight is 369 g/mol. The van der Waals surface area contributed by atoms with Crippen LogP contribution in [0.4, 0.5) is 16.2 Å². The van der Waals surface area contributed by atoms with Gasteiger partial charge in [-0.05, 0) is 55.5 Å². The number of nitrogens with one attached hydrogen (secondary N) is 1. The van der Waals surface area contributed by atoms with Crippen molar-refractivity contribution in [1.82, 2.24) is 4.90 Å². The van der Waals surface area contributed by atoms with Crippen molar-refractivity contribution < 1.29 is 19.1 Å². The number of carbonyl (C=O) groups excluding carboxylic acids is 2. The van der Waals surface area contributed by atoms with Gasteiger partial charge in [0.05, 0.1) is 13.7 Å². The van der Waals surface area contributed by atoms with Crippen LogP contribution in [0.15, 0.2) is 48.5 Å². The molecule has 3 rings (SSSR count). The van der Waals surface area contributed by atoms with Crippen LogP contribution in [0.1, 0.15) is 6.92 Å². The lowest BCUT2D eigenvalue weighted by molar-refractivity contribution is -0.116. The fraction of sp³-hybridized carbons (Fsp3) is 0.300. The Morgan fingerprint density at radius 2 is 1.70 bits per heavy atom. The highest BCUT2D eigenvalue weighted by atomic mass is 16.5. The van der Waals surface area contributed by atoms with Gasteiger partial charge in [0.15, 0.2) is 0 Å². The number of methoxy groups -OCH3 is 1. The number of hydrogen-bond acceptors (Lipinski definition) is 4. The van der Waals surface area contributed by atoms with Gasteiger partial charge in [0, 0.05) is 24.5 Å². The number of hydrogen-bond donors (Lipinski definition) is 1. The van der Waals surface area contributed by atoms with Crippen LogP contribution in [0.3, 0.4) is 0 Å². The molecule has 0 unspecified atom stereocenters. The van der Waals surface area contributed by atoms with E-state index in [1.54, 1.807) is 36.3 Å². The Kier molecular flexibility index (Phi) is 5.80. The number of rotatable bonds is 7. The second-order valence-corrected chi connectivity index (χ2v) is 6.06. The van der Waals surface area contributed by atoms with Crippen LogP contribution >= 0.6 is 0 Å². The predicted molar refractivity (Wildman–Crippen MR) is 104 cm³/mol. The molecule has 27 heavy (non-hydrogen) atoms. The summed E-state index contributed by atoms with van der Waals surface area (Å²) >= 11 is 0. The number of anilines is 2. The molecule has 0 bridgehead atoms. The lowest BCUT2D eigenvalue weighted by Gasteiger charge is -2.18. The molecule has 2 aromatic carbocycles. The second-order valence-electron chi connectivity index (χ2n) is 6.06. The summed E-state index contributed by atoms with van der Waals surface area (Å²) in [5.74, 6) is 1.25. The summed E-state index contributed by atoms with van der Waals surface area (Å²) in [6, 6.07) is 14.3. The maximum absolute atomic E-state index is 12.6. The minimum Gasteiger partial charge on any atom is -0.497 e. The Hall–Kier alpha value is -3.22. The van der Waals surface area contributed by atoms with E-state index in [0.717, 1.165) is 11.4 Å². The molecule has 1 N–H and O–H groups in total. The third-order valence-electron chi connectivity index (χ3n) is 4.26. The molecule has 0 aromatic heterocycles. The van der Waals surface area contributed by atoms with Gasteiger partial charge in [0.25, 0.3) is 0 Å². The molecule has 1 saturated heterocycles. The Bertz CT molecular complexity index is 790.